The van der Waals surface area contributed by atoms with Crippen LogP contribution in [0.5, 0.6) is 0 Å². The summed E-state index contributed by atoms with van der Waals surface area (Å²) in [7, 11) is 0. The molecular weight excluding hydrogens is 276 g/mol. The molecule has 0 fully saturated rings. The summed E-state index contributed by atoms with van der Waals surface area (Å²) in [4.78, 5) is 13.1. The van der Waals surface area contributed by atoms with Crippen molar-refractivity contribution in [3.05, 3.63) is 5.82 Å². The van der Waals surface area contributed by atoms with Gasteiger partial charge in [0, 0.05) is 19.0 Å². The number of aliphatic carboxylic acids is 1. The van der Waals surface area contributed by atoms with E-state index in [4.69, 9.17) is 5.11 Å². The van der Waals surface area contributed by atoms with E-state index in [-0.39, 0.29) is 11.8 Å². The van der Waals surface area contributed by atoms with Crippen LogP contribution < -0.4 is 0 Å². The van der Waals surface area contributed by atoms with Crippen LogP contribution >= 0.6 is 11.8 Å². The molecule has 0 aliphatic rings. The Hall–Kier alpha value is -1.08. The van der Waals surface area contributed by atoms with Gasteiger partial charge in [-0.05, 0) is 20.0 Å². The van der Waals surface area contributed by atoms with Crippen LogP contribution in [0.1, 0.15) is 39.6 Å². The first-order valence-corrected chi connectivity index (χ1v) is 8.02. The van der Waals surface area contributed by atoms with Gasteiger partial charge in [-0.1, -0.05) is 32.5 Å². The van der Waals surface area contributed by atoms with Crippen molar-refractivity contribution in [2.45, 2.75) is 45.3 Å². The minimum Gasteiger partial charge on any atom is -0.481 e. The van der Waals surface area contributed by atoms with Crippen LogP contribution in [0.4, 0.5) is 0 Å². The number of rotatable bonds is 9. The van der Waals surface area contributed by atoms with Crippen LogP contribution in [0.15, 0.2) is 5.16 Å². The van der Waals surface area contributed by atoms with Crippen molar-refractivity contribution >= 4 is 17.7 Å². The summed E-state index contributed by atoms with van der Waals surface area (Å²) in [6.45, 7) is 11.4. The summed E-state index contributed by atoms with van der Waals surface area (Å²) in [5, 5.41) is 17.8. The highest BCUT2D eigenvalue weighted by atomic mass is 32.2. The Morgan fingerprint density at radius 2 is 2.00 bits per heavy atom. The van der Waals surface area contributed by atoms with Crippen LogP contribution in [0.2, 0.25) is 0 Å². The molecule has 20 heavy (non-hydrogen) atoms. The largest absolute Gasteiger partial charge is 0.481 e. The number of thioether (sulfide) groups is 1. The van der Waals surface area contributed by atoms with Gasteiger partial charge in [-0.3, -0.25) is 4.79 Å². The Bertz CT molecular complexity index is 432. The standard InChI is InChI=1S/C13H24N4O2S/c1-5-11-14-15-13(20-9-12(18)19)17(11)10(4)8-16(6-2)7-3/h10H,5-9H2,1-4H3,(H,18,19). The monoisotopic (exact) mass is 300 g/mol. The molecule has 1 aromatic heterocycles. The van der Waals surface area contributed by atoms with Gasteiger partial charge in [-0.2, -0.15) is 0 Å². The van der Waals surface area contributed by atoms with E-state index in [9.17, 15) is 4.79 Å². The molecule has 6 nitrogen and oxygen atoms in total. The van der Waals surface area contributed by atoms with E-state index >= 15 is 0 Å². The molecule has 0 aliphatic carbocycles. The van der Waals surface area contributed by atoms with Gasteiger partial charge >= 0.3 is 5.97 Å². The van der Waals surface area contributed by atoms with Crippen LogP contribution in [0, 0.1) is 0 Å². The Morgan fingerprint density at radius 1 is 1.35 bits per heavy atom. The Labute approximate surface area is 124 Å². The lowest BCUT2D eigenvalue weighted by Crippen LogP contribution is -2.30. The van der Waals surface area contributed by atoms with E-state index in [1.165, 1.54) is 11.8 Å². The second-order valence-electron chi connectivity index (χ2n) is 4.64. The highest BCUT2D eigenvalue weighted by Gasteiger charge is 2.19. The maximum Gasteiger partial charge on any atom is 0.313 e. The van der Waals surface area contributed by atoms with Crippen molar-refractivity contribution in [3.63, 3.8) is 0 Å². The van der Waals surface area contributed by atoms with Gasteiger partial charge in [0.2, 0.25) is 0 Å². The molecule has 0 saturated heterocycles. The van der Waals surface area contributed by atoms with Gasteiger partial charge in [0.15, 0.2) is 5.16 Å². The fourth-order valence-electron chi connectivity index (χ4n) is 2.15. The molecule has 1 atom stereocenters. The first-order chi connectivity index (χ1) is 9.53. The van der Waals surface area contributed by atoms with Gasteiger partial charge < -0.3 is 14.6 Å². The number of carboxylic acid groups (broad SMARTS) is 1. The Morgan fingerprint density at radius 3 is 2.50 bits per heavy atom. The van der Waals surface area contributed by atoms with E-state index in [0.717, 1.165) is 31.9 Å². The quantitative estimate of drug-likeness (QED) is 0.703. The minimum absolute atomic E-state index is 0.0137. The lowest BCUT2D eigenvalue weighted by Gasteiger charge is -2.25. The number of carbonyl (C=O) groups is 1. The predicted octanol–water partition coefficient (Wildman–Crippen LogP) is 1.92. The molecule has 0 aromatic carbocycles. The van der Waals surface area contributed by atoms with E-state index in [1.807, 2.05) is 6.92 Å². The second-order valence-corrected chi connectivity index (χ2v) is 5.58. The van der Waals surface area contributed by atoms with E-state index in [2.05, 4.69) is 40.4 Å². The van der Waals surface area contributed by atoms with Crippen molar-refractivity contribution < 1.29 is 9.90 Å². The maximum atomic E-state index is 10.7. The maximum absolute atomic E-state index is 10.7. The van der Waals surface area contributed by atoms with E-state index in [0.29, 0.717) is 5.16 Å². The minimum atomic E-state index is -0.834. The van der Waals surface area contributed by atoms with E-state index < -0.39 is 5.97 Å². The van der Waals surface area contributed by atoms with Crippen molar-refractivity contribution in [3.8, 4) is 0 Å². The number of aryl methyl sites for hydroxylation is 1. The predicted molar refractivity (Wildman–Crippen MR) is 80.3 cm³/mol. The summed E-state index contributed by atoms with van der Waals surface area (Å²) in [5.41, 5.74) is 0. The molecular formula is C13H24N4O2S. The SMILES string of the molecule is CCc1nnc(SCC(=O)O)n1C(C)CN(CC)CC. The molecule has 1 heterocycles. The van der Waals surface area contributed by atoms with Gasteiger partial charge in [0.05, 0.1) is 5.75 Å². The number of likely N-dealkylation sites (N-methyl/N-ethyl adjacent to an activating group) is 1. The number of nitrogens with zero attached hydrogens (tertiary/aromatic N) is 4. The van der Waals surface area contributed by atoms with Crippen molar-refractivity contribution in [1.29, 1.82) is 0 Å². The topological polar surface area (TPSA) is 71.2 Å². The third-order valence-electron chi connectivity index (χ3n) is 3.23. The molecule has 114 valence electrons. The highest BCUT2D eigenvalue weighted by molar-refractivity contribution is 7.99. The smallest absolute Gasteiger partial charge is 0.313 e. The number of hydrogen-bond acceptors (Lipinski definition) is 5. The molecule has 1 unspecified atom stereocenters. The summed E-state index contributed by atoms with van der Waals surface area (Å²) in [6, 6.07) is 0.233. The second kappa shape index (κ2) is 8.26. The molecule has 0 aliphatic heterocycles. The molecule has 0 bridgehead atoms. The molecule has 0 spiro atoms. The number of carboxylic acids is 1. The molecule has 7 heteroatoms. The van der Waals surface area contributed by atoms with E-state index in [1.54, 1.807) is 0 Å². The van der Waals surface area contributed by atoms with Crippen molar-refractivity contribution in [1.82, 2.24) is 19.7 Å². The normalized spacial score (nSPS) is 12.8. The lowest BCUT2D eigenvalue weighted by atomic mass is 10.3. The van der Waals surface area contributed by atoms with Gasteiger partial charge in [-0.15, -0.1) is 10.2 Å². The van der Waals surface area contributed by atoms with Crippen molar-refractivity contribution in [2.75, 3.05) is 25.4 Å². The molecule has 0 saturated carbocycles. The zero-order valence-corrected chi connectivity index (χ0v) is 13.5. The fourth-order valence-corrected chi connectivity index (χ4v) is 2.93. The lowest BCUT2D eigenvalue weighted by molar-refractivity contribution is -0.133. The molecule has 1 rings (SSSR count). The summed E-state index contributed by atoms with van der Waals surface area (Å²) < 4.78 is 2.08. The molecule has 0 radical (unpaired) electrons. The van der Waals surface area contributed by atoms with Crippen LogP contribution in [0.25, 0.3) is 0 Å². The van der Waals surface area contributed by atoms with Crippen molar-refractivity contribution in [2.24, 2.45) is 0 Å². The average Bonchev–Trinajstić information content (AvgIpc) is 2.85. The zero-order valence-electron chi connectivity index (χ0n) is 12.7. The molecule has 1 N–H and O–H groups in total. The number of hydrogen-bond donors (Lipinski definition) is 1. The third kappa shape index (κ3) is 4.49. The summed E-state index contributed by atoms with van der Waals surface area (Å²) in [6.07, 6.45) is 0.795. The molecule has 0 amide bonds. The summed E-state index contributed by atoms with van der Waals surface area (Å²) >= 11 is 1.23. The van der Waals surface area contributed by atoms with Crippen LogP contribution in [0.3, 0.4) is 0 Å². The summed E-state index contributed by atoms with van der Waals surface area (Å²) in [5.74, 6) is 0.0939. The van der Waals surface area contributed by atoms with Gasteiger partial charge in [-0.25, -0.2) is 0 Å². The molecule has 1 aromatic rings. The Balaban J connectivity index is 2.88. The third-order valence-corrected chi connectivity index (χ3v) is 4.16. The fraction of sp³-hybridized carbons (Fsp3) is 0.769. The first kappa shape index (κ1) is 17.0. The van der Waals surface area contributed by atoms with Crippen LogP contribution in [-0.2, 0) is 11.2 Å². The average molecular weight is 300 g/mol. The first-order valence-electron chi connectivity index (χ1n) is 7.04. The zero-order chi connectivity index (χ0) is 15.1. The highest BCUT2D eigenvalue weighted by Crippen LogP contribution is 2.22. The van der Waals surface area contributed by atoms with Gasteiger partial charge in [0.1, 0.15) is 5.82 Å². The van der Waals surface area contributed by atoms with Crippen LogP contribution in [-0.4, -0.2) is 56.1 Å². The van der Waals surface area contributed by atoms with Gasteiger partial charge in [0.25, 0.3) is 0 Å². The Kier molecular flexibility index (Phi) is 7.01. The number of aromatic nitrogens is 3.